The van der Waals surface area contributed by atoms with Crippen LogP contribution >= 0.6 is 0 Å². The van der Waals surface area contributed by atoms with Crippen LogP contribution in [-0.4, -0.2) is 55.2 Å². The molecule has 1 fully saturated rings. The van der Waals surface area contributed by atoms with Gasteiger partial charge in [0.05, 0.1) is 11.4 Å². The van der Waals surface area contributed by atoms with Crippen LogP contribution in [0.15, 0.2) is 0 Å². The molecule has 19 heavy (non-hydrogen) atoms. The molecule has 0 bridgehead atoms. The number of rotatable bonds is 6. The van der Waals surface area contributed by atoms with Crippen molar-refractivity contribution in [3.8, 4) is 0 Å². The molecule has 1 rings (SSSR count). The molecule has 0 aromatic heterocycles. The third-order valence-electron chi connectivity index (χ3n) is 4.28. The minimum absolute atomic E-state index is 0.0385. The van der Waals surface area contributed by atoms with E-state index in [1.54, 1.807) is 0 Å². The average molecular weight is 291 g/mol. The highest BCUT2D eigenvalue weighted by atomic mass is 32.2. The molecular weight excluding hydrogens is 262 g/mol. The van der Waals surface area contributed by atoms with Gasteiger partial charge in [-0.1, -0.05) is 13.8 Å². The molecule has 0 heterocycles. The molecule has 0 amide bonds. The van der Waals surface area contributed by atoms with Gasteiger partial charge in [0.2, 0.25) is 0 Å². The number of likely N-dealkylation sites (N-methyl/N-ethyl adjacent to an activating group) is 1. The first kappa shape index (κ1) is 16.9. The Labute approximate surface area is 118 Å². The lowest BCUT2D eigenvalue weighted by atomic mass is 9.79. The quantitative estimate of drug-likeness (QED) is 0.809. The molecule has 0 saturated heterocycles. The second kappa shape index (κ2) is 6.55. The summed E-state index contributed by atoms with van der Waals surface area (Å²) in [6.07, 6.45) is 5.06. The Morgan fingerprint density at radius 1 is 1.37 bits per heavy atom. The lowest BCUT2D eigenvalue weighted by molar-refractivity contribution is -0.0398. The van der Waals surface area contributed by atoms with Gasteiger partial charge in [-0.2, -0.15) is 0 Å². The SMILES string of the molecule is CCN(CC1(O)CCC(C)CC1)C(C)CS(C)(=O)=O. The summed E-state index contributed by atoms with van der Waals surface area (Å²) in [6.45, 7) is 7.54. The molecule has 1 unspecified atom stereocenters. The maximum Gasteiger partial charge on any atom is 0.148 e. The maximum absolute atomic E-state index is 11.4. The van der Waals surface area contributed by atoms with Gasteiger partial charge in [-0.15, -0.1) is 0 Å². The van der Waals surface area contributed by atoms with Crippen LogP contribution in [0, 0.1) is 5.92 Å². The summed E-state index contributed by atoms with van der Waals surface area (Å²) in [5.74, 6) is 0.858. The zero-order chi connectivity index (χ0) is 14.7. The highest BCUT2D eigenvalue weighted by molar-refractivity contribution is 7.90. The van der Waals surface area contributed by atoms with Gasteiger partial charge in [0.15, 0.2) is 0 Å². The van der Waals surface area contributed by atoms with Crippen LogP contribution in [0.3, 0.4) is 0 Å². The van der Waals surface area contributed by atoms with Crippen molar-refractivity contribution >= 4 is 9.84 Å². The molecule has 1 atom stereocenters. The van der Waals surface area contributed by atoms with E-state index < -0.39 is 15.4 Å². The molecule has 1 aliphatic carbocycles. The number of sulfone groups is 1. The molecule has 1 saturated carbocycles. The fourth-order valence-corrected chi connectivity index (χ4v) is 4.05. The van der Waals surface area contributed by atoms with Gasteiger partial charge in [0, 0.05) is 18.8 Å². The predicted octanol–water partition coefficient (Wildman–Crippen LogP) is 1.68. The van der Waals surface area contributed by atoms with E-state index in [4.69, 9.17) is 0 Å². The Morgan fingerprint density at radius 3 is 2.32 bits per heavy atom. The van der Waals surface area contributed by atoms with E-state index in [-0.39, 0.29) is 11.8 Å². The Hall–Kier alpha value is -0.130. The second-order valence-corrected chi connectivity index (χ2v) is 8.60. The number of hydrogen-bond donors (Lipinski definition) is 1. The third-order valence-corrected chi connectivity index (χ3v) is 5.36. The summed E-state index contributed by atoms with van der Waals surface area (Å²) in [7, 11) is -2.97. The van der Waals surface area contributed by atoms with Crippen LogP contribution in [0.2, 0.25) is 0 Å². The van der Waals surface area contributed by atoms with Gasteiger partial charge < -0.3 is 5.11 Å². The highest BCUT2D eigenvalue weighted by Crippen LogP contribution is 2.32. The summed E-state index contributed by atoms with van der Waals surface area (Å²) >= 11 is 0. The number of nitrogens with zero attached hydrogens (tertiary/aromatic N) is 1. The van der Waals surface area contributed by atoms with Gasteiger partial charge in [0.1, 0.15) is 9.84 Å². The van der Waals surface area contributed by atoms with Crippen molar-refractivity contribution in [1.82, 2.24) is 4.90 Å². The Kier molecular flexibility index (Phi) is 5.83. The van der Waals surface area contributed by atoms with E-state index in [1.165, 1.54) is 6.26 Å². The zero-order valence-corrected chi connectivity index (χ0v) is 13.5. The molecule has 4 nitrogen and oxygen atoms in total. The Morgan fingerprint density at radius 2 is 1.89 bits per heavy atom. The van der Waals surface area contributed by atoms with Gasteiger partial charge >= 0.3 is 0 Å². The van der Waals surface area contributed by atoms with Crippen molar-refractivity contribution in [3.05, 3.63) is 0 Å². The second-order valence-electron chi connectivity index (χ2n) is 6.41. The Bertz CT molecular complexity index is 372. The van der Waals surface area contributed by atoms with Crippen molar-refractivity contribution in [3.63, 3.8) is 0 Å². The topological polar surface area (TPSA) is 57.6 Å². The highest BCUT2D eigenvalue weighted by Gasteiger charge is 2.34. The average Bonchev–Trinajstić information content (AvgIpc) is 2.28. The summed E-state index contributed by atoms with van der Waals surface area (Å²) in [5, 5.41) is 10.6. The van der Waals surface area contributed by atoms with Crippen LogP contribution in [0.5, 0.6) is 0 Å². The smallest absolute Gasteiger partial charge is 0.148 e. The van der Waals surface area contributed by atoms with Gasteiger partial charge in [-0.3, -0.25) is 4.90 Å². The molecule has 0 spiro atoms. The van der Waals surface area contributed by atoms with Crippen LogP contribution in [0.25, 0.3) is 0 Å². The zero-order valence-electron chi connectivity index (χ0n) is 12.7. The van der Waals surface area contributed by atoms with E-state index in [0.717, 1.165) is 32.2 Å². The minimum Gasteiger partial charge on any atom is -0.389 e. The lowest BCUT2D eigenvalue weighted by Crippen LogP contribution is -2.49. The van der Waals surface area contributed by atoms with E-state index in [9.17, 15) is 13.5 Å². The summed E-state index contributed by atoms with van der Waals surface area (Å²) < 4.78 is 22.8. The first-order valence-electron chi connectivity index (χ1n) is 7.29. The summed E-state index contributed by atoms with van der Waals surface area (Å²) in [6, 6.07) is -0.0385. The molecule has 1 aliphatic rings. The molecule has 5 heteroatoms. The van der Waals surface area contributed by atoms with Crippen molar-refractivity contribution in [2.24, 2.45) is 5.92 Å². The fraction of sp³-hybridized carbons (Fsp3) is 1.00. The fourth-order valence-electron chi connectivity index (χ4n) is 2.96. The summed E-state index contributed by atoms with van der Waals surface area (Å²) in [4.78, 5) is 2.09. The predicted molar refractivity (Wildman–Crippen MR) is 79.0 cm³/mol. The van der Waals surface area contributed by atoms with Crippen LogP contribution in [0.4, 0.5) is 0 Å². The Balaban J connectivity index is 2.61. The maximum atomic E-state index is 11.4. The number of hydrogen-bond acceptors (Lipinski definition) is 4. The van der Waals surface area contributed by atoms with Crippen molar-refractivity contribution in [2.75, 3.05) is 25.1 Å². The number of aliphatic hydroxyl groups is 1. The van der Waals surface area contributed by atoms with Crippen LogP contribution in [-0.2, 0) is 9.84 Å². The van der Waals surface area contributed by atoms with Crippen molar-refractivity contribution in [1.29, 1.82) is 0 Å². The minimum atomic E-state index is -2.97. The lowest BCUT2D eigenvalue weighted by Gasteiger charge is -2.40. The molecule has 114 valence electrons. The van der Waals surface area contributed by atoms with Crippen molar-refractivity contribution < 1.29 is 13.5 Å². The standard InChI is InChI=1S/C14H29NO3S/c1-5-15(13(3)10-19(4,17)18)11-14(16)8-6-12(2)7-9-14/h12-13,16H,5-11H2,1-4H3. The van der Waals surface area contributed by atoms with Crippen molar-refractivity contribution in [2.45, 2.75) is 58.1 Å². The summed E-state index contributed by atoms with van der Waals surface area (Å²) in [5.41, 5.74) is -0.631. The molecule has 0 aromatic carbocycles. The normalized spacial score (nSPS) is 30.5. The van der Waals surface area contributed by atoms with Crippen LogP contribution in [0.1, 0.15) is 46.5 Å². The molecular formula is C14H29NO3S. The van der Waals surface area contributed by atoms with E-state index in [2.05, 4.69) is 11.8 Å². The first-order valence-corrected chi connectivity index (χ1v) is 9.35. The van der Waals surface area contributed by atoms with Gasteiger partial charge in [-0.05, 0) is 45.1 Å². The molecule has 0 aliphatic heterocycles. The van der Waals surface area contributed by atoms with E-state index in [1.807, 2.05) is 13.8 Å². The van der Waals surface area contributed by atoms with Crippen LogP contribution < -0.4 is 0 Å². The van der Waals surface area contributed by atoms with E-state index in [0.29, 0.717) is 12.5 Å². The van der Waals surface area contributed by atoms with Gasteiger partial charge in [-0.25, -0.2) is 8.42 Å². The largest absolute Gasteiger partial charge is 0.389 e. The van der Waals surface area contributed by atoms with E-state index >= 15 is 0 Å². The first-order chi connectivity index (χ1) is 8.65. The molecule has 0 aromatic rings. The molecule has 0 radical (unpaired) electrons. The van der Waals surface area contributed by atoms with Gasteiger partial charge in [0.25, 0.3) is 0 Å². The third kappa shape index (κ3) is 5.79. The monoisotopic (exact) mass is 291 g/mol. The molecule has 1 N–H and O–H groups in total.